The molecule has 0 heterocycles. The molecule has 2 N–H and O–H groups in total. The lowest BCUT2D eigenvalue weighted by Gasteiger charge is -2.39. The van der Waals surface area contributed by atoms with Crippen molar-refractivity contribution in [3.63, 3.8) is 0 Å². The second-order valence-corrected chi connectivity index (χ2v) is 6.14. The Hall–Kier alpha value is -0.0800. The van der Waals surface area contributed by atoms with Gasteiger partial charge in [0.05, 0.1) is 0 Å². The molecule has 0 amide bonds. The van der Waals surface area contributed by atoms with Crippen molar-refractivity contribution in [1.29, 1.82) is 0 Å². The van der Waals surface area contributed by atoms with E-state index in [2.05, 4.69) is 39.6 Å². The first-order chi connectivity index (χ1) is 7.96. The van der Waals surface area contributed by atoms with Gasteiger partial charge in [0.25, 0.3) is 0 Å². The Morgan fingerprint density at radius 3 is 2.18 bits per heavy atom. The average molecular weight is 242 g/mol. The van der Waals surface area contributed by atoms with Gasteiger partial charge in [0, 0.05) is 18.6 Å². The smallest absolute Gasteiger partial charge is 0.0300 e. The van der Waals surface area contributed by atoms with Crippen LogP contribution in [0.15, 0.2) is 0 Å². The fraction of sp³-hybridized carbons (Fsp3) is 1.00. The summed E-state index contributed by atoms with van der Waals surface area (Å²) in [5, 5.41) is 0. The lowest BCUT2D eigenvalue weighted by Crippen LogP contribution is -2.50. The molecule has 0 rings (SSSR count). The van der Waals surface area contributed by atoms with Gasteiger partial charge in [0.2, 0.25) is 0 Å². The maximum absolute atomic E-state index is 5.98. The molecule has 2 nitrogen and oxygen atoms in total. The second kappa shape index (κ2) is 8.93. The van der Waals surface area contributed by atoms with Crippen molar-refractivity contribution < 1.29 is 0 Å². The van der Waals surface area contributed by atoms with E-state index in [-0.39, 0.29) is 5.54 Å². The van der Waals surface area contributed by atoms with E-state index in [1.165, 1.54) is 38.5 Å². The van der Waals surface area contributed by atoms with E-state index in [1.807, 2.05) is 0 Å². The Labute approximate surface area is 109 Å². The second-order valence-electron chi connectivity index (χ2n) is 6.14. The number of rotatable bonds is 10. The van der Waals surface area contributed by atoms with Gasteiger partial charge in [-0.15, -0.1) is 0 Å². The van der Waals surface area contributed by atoms with Crippen LogP contribution < -0.4 is 5.73 Å². The quantitative estimate of drug-likeness (QED) is 0.593. The minimum absolute atomic E-state index is 0.191. The van der Waals surface area contributed by atoms with Gasteiger partial charge >= 0.3 is 0 Å². The molecular weight excluding hydrogens is 208 g/mol. The van der Waals surface area contributed by atoms with Gasteiger partial charge in [0.1, 0.15) is 0 Å². The van der Waals surface area contributed by atoms with Crippen molar-refractivity contribution >= 4 is 0 Å². The molecule has 0 aromatic carbocycles. The molecule has 17 heavy (non-hydrogen) atoms. The molecular formula is C15H34N2. The van der Waals surface area contributed by atoms with E-state index >= 15 is 0 Å². The molecule has 0 aromatic rings. The summed E-state index contributed by atoms with van der Waals surface area (Å²) in [6, 6.07) is 0. The first-order valence-corrected chi connectivity index (χ1v) is 7.37. The summed E-state index contributed by atoms with van der Waals surface area (Å²) in [6.45, 7) is 11.0. The molecule has 1 unspecified atom stereocenters. The van der Waals surface area contributed by atoms with Crippen LogP contribution in [0.1, 0.15) is 66.2 Å². The minimum Gasteiger partial charge on any atom is -0.329 e. The van der Waals surface area contributed by atoms with Crippen LogP contribution in [0, 0.1) is 5.92 Å². The molecule has 1 atom stereocenters. The minimum atomic E-state index is 0.191. The Morgan fingerprint density at radius 2 is 1.71 bits per heavy atom. The molecule has 0 aliphatic rings. The fourth-order valence-corrected chi connectivity index (χ4v) is 2.33. The summed E-state index contributed by atoms with van der Waals surface area (Å²) in [6.07, 6.45) is 7.99. The molecule has 0 bridgehead atoms. The van der Waals surface area contributed by atoms with E-state index in [4.69, 9.17) is 5.73 Å². The number of likely N-dealkylation sites (N-methyl/N-ethyl adjacent to an activating group) is 1. The number of hydrogen-bond donors (Lipinski definition) is 1. The van der Waals surface area contributed by atoms with Crippen LogP contribution in [0.2, 0.25) is 0 Å². The zero-order chi connectivity index (χ0) is 13.3. The standard InChI is InChI=1S/C15H34N2/c1-6-7-8-9-10-11-15(4,13-16)17(5)12-14(2)3/h14H,6-13,16H2,1-5H3. The molecule has 0 radical (unpaired) electrons. The highest BCUT2D eigenvalue weighted by Crippen LogP contribution is 2.21. The normalized spacial score (nSPS) is 15.5. The molecule has 0 saturated carbocycles. The topological polar surface area (TPSA) is 29.3 Å². The van der Waals surface area contributed by atoms with Crippen molar-refractivity contribution in [2.24, 2.45) is 11.7 Å². The van der Waals surface area contributed by atoms with Crippen molar-refractivity contribution in [3.8, 4) is 0 Å². The van der Waals surface area contributed by atoms with Gasteiger partial charge in [-0.25, -0.2) is 0 Å². The van der Waals surface area contributed by atoms with Gasteiger partial charge in [-0.3, -0.25) is 4.90 Å². The largest absolute Gasteiger partial charge is 0.329 e. The van der Waals surface area contributed by atoms with Crippen LogP contribution in [-0.4, -0.2) is 30.6 Å². The van der Waals surface area contributed by atoms with Crippen LogP contribution in [0.5, 0.6) is 0 Å². The van der Waals surface area contributed by atoms with E-state index in [1.54, 1.807) is 0 Å². The molecule has 0 fully saturated rings. The average Bonchev–Trinajstić information content (AvgIpc) is 2.27. The number of hydrogen-bond acceptors (Lipinski definition) is 2. The zero-order valence-corrected chi connectivity index (χ0v) is 12.8. The third kappa shape index (κ3) is 7.05. The summed E-state index contributed by atoms with van der Waals surface area (Å²) >= 11 is 0. The maximum atomic E-state index is 5.98. The first-order valence-electron chi connectivity index (χ1n) is 7.37. The van der Waals surface area contributed by atoms with Gasteiger partial charge < -0.3 is 5.73 Å². The van der Waals surface area contributed by atoms with Crippen LogP contribution in [-0.2, 0) is 0 Å². The molecule has 104 valence electrons. The molecule has 0 aliphatic carbocycles. The lowest BCUT2D eigenvalue weighted by molar-refractivity contribution is 0.116. The van der Waals surface area contributed by atoms with Crippen molar-refractivity contribution in [3.05, 3.63) is 0 Å². The van der Waals surface area contributed by atoms with Crippen molar-refractivity contribution in [2.75, 3.05) is 20.1 Å². The maximum Gasteiger partial charge on any atom is 0.0300 e. The molecule has 2 heteroatoms. The van der Waals surface area contributed by atoms with E-state index in [0.717, 1.165) is 13.1 Å². The zero-order valence-electron chi connectivity index (χ0n) is 12.8. The van der Waals surface area contributed by atoms with Crippen LogP contribution in [0.25, 0.3) is 0 Å². The van der Waals surface area contributed by atoms with E-state index in [9.17, 15) is 0 Å². The highest BCUT2D eigenvalue weighted by molar-refractivity contribution is 4.85. The Kier molecular flexibility index (Phi) is 8.89. The van der Waals surface area contributed by atoms with Crippen molar-refractivity contribution in [1.82, 2.24) is 4.90 Å². The van der Waals surface area contributed by atoms with Gasteiger partial charge in [-0.05, 0) is 26.3 Å². The predicted molar refractivity (Wildman–Crippen MR) is 78.3 cm³/mol. The third-order valence-corrected chi connectivity index (χ3v) is 3.82. The Morgan fingerprint density at radius 1 is 1.12 bits per heavy atom. The monoisotopic (exact) mass is 242 g/mol. The number of nitrogens with two attached hydrogens (primary N) is 1. The Bertz CT molecular complexity index is 180. The fourth-order valence-electron chi connectivity index (χ4n) is 2.33. The molecule has 0 aromatic heterocycles. The highest BCUT2D eigenvalue weighted by atomic mass is 15.2. The Balaban J connectivity index is 3.99. The number of unbranched alkanes of at least 4 members (excludes halogenated alkanes) is 4. The SMILES string of the molecule is CCCCCCCC(C)(CN)N(C)CC(C)C. The molecule has 0 aliphatic heterocycles. The van der Waals surface area contributed by atoms with Gasteiger partial charge in [-0.1, -0.05) is 52.9 Å². The summed E-state index contributed by atoms with van der Waals surface area (Å²) in [5.74, 6) is 0.714. The van der Waals surface area contributed by atoms with Crippen LogP contribution in [0.3, 0.4) is 0 Å². The van der Waals surface area contributed by atoms with E-state index < -0.39 is 0 Å². The van der Waals surface area contributed by atoms with Gasteiger partial charge in [-0.2, -0.15) is 0 Å². The summed E-state index contributed by atoms with van der Waals surface area (Å²) in [7, 11) is 2.22. The van der Waals surface area contributed by atoms with Crippen LogP contribution in [0.4, 0.5) is 0 Å². The first kappa shape index (κ1) is 16.9. The predicted octanol–water partition coefficient (Wildman–Crippen LogP) is 3.65. The number of nitrogens with zero attached hydrogens (tertiary/aromatic N) is 1. The summed E-state index contributed by atoms with van der Waals surface area (Å²) < 4.78 is 0. The molecule has 0 spiro atoms. The van der Waals surface area contributed by atoms with E-state index in [0.29, 0.717) is 5.92 Å². The summed E-state index contributed by atoms with van der Waals surface area (Å²) in [5.41, 5.74) is 6.17. The summed E-state index contributed by atoms with van der Waals surface area (Å²) in [4.78, 5) is 2.46. The van der Waals surface area contributed by atoms with Gasteiger partial charge in [0.15, 0.2) is 0 Å². The van der Waals surface area contributed by atoms with Crippen LogP contribution >= 0.6 is 0 Å². The lowest BCUT2D eigenvalue weighted by atomic mass is 9.91. The van der Waals surface area contributed by atoms with Crippen molar-refractivity contribution in [2.45, 2.75) is 71.8 Å². The molecule has 0 saturated heterocycles. The highest BCUT2D eigenvalue weighted by Gasteiger charge is 2.27. The third-order valence-electron chi connectivity index (χ3n) is 3.82.